The highest BCUT2D eigenvalue weighted by Crippen LogP contribution is 2.07. The minimum atomic E-state index is 0.109. The van der Waals surface area contributed by atoms with Gasteiger partial charge in [0, 0.05) is 6.54 Å². The van der Waals surface area contributed by atoms with Crippen LogP contribution in [0.4, 0.5) is 12.0 Å². The lowest BCUT2D eigenvalue weighted by molar-refractivity contribution is 0.581. The molecule has 0 aliphatic heterocycles. The lowest BCUT2D eigenvalue weighted by Gasteiger charge is -2.01. The molecule has 1 rings (SSSR count). The molecule has 0 aliphatic carbocycles. The predicted octanol–water partition coefficient (Wildman–Crippen LogP) is 1.99. The van der Waals surface area contributed by atoms with Crippen molar-refractivity contribution in [1.29, 1.82) is 0 Å². The van der Waals surface area contributed by atoms with E-state index in [1.165, 1.54) is 25.0 Å². The van der Waals surface area contributed by atoms with Gasteiger partial charge in [-0.05, 0) is 24.9 Å². The maximum Gasteiger partial charge on any atom is 0.316 e. The number of hydrogen-bond donors (Lipinski definition) is 2. The summed E-state index contributed by atoms with van der Waals surface area (Å²) in [7, 11) is 0. The first-order chi connectivity index (χ1) is 7.33. The normalized spacial score (nSPS) is 10.5. The van der Waals surface area contributed by atoms with Crippen LogP contribution in [0.25, 0.3) is 0 Å². The van der Waals surface area contributed by atoms with Gasteiger partial charge in [-0.15, -0.1) is 0 Å². The fraction of sp³-hybridized carbons (Fsp3) is 0.778. The number of thioether (sulfide) groups is 1. The Balaban J connectivity index is 1.93. The molecule has 15 heavy (non-hydrogen) atoms. The molecule has 1 heterocycles. The van der Waals surface area contributed by atoms with Crippen molar-refractivity contribution in [2.24, 2.45) is 0 Å². The SMILES string of the molecule is CSCCCCCCNc1nnc(N)o1. The number of nitrogens with two attached hydrogens (primary N) is 1. The molecule has 0 saturated carbocycles. The summed E-state index contributed by atoms with van der Waals surface area (Å²) in [5.74, 6) is 1.26. The maximum atomic E-state index is 5.28. The Morgan fingerprint density at radius 2 is 2.07 bits per heavy atom. The average molecular weight is 230 g/mol. The number of nitrogens with one attached hydrogen (secondary N) is 1. The van der Waals surface area contributed by atoms with Crippen LogP contribution in [0.5, 0.6) is 0 Å². The van der Waals surface area contributed by atoms with Crippen molar-refractivity contribution in [3.8, 4) is 0 Å². The number of unbranched alkanes of at least 4 members (excludes halogenated alkanes) is 3. The van der Waals surface area contributed by atoms with Gasteiger partial charge >= 0.3 is 12.0 Å². The molecule has 0 bridgehead atoms. The Morgan fingerprint density at radius 3 is 2.73 bits per heavy atom. The van der Waals surface area contributed by atoms with Crippen LogP contribution in [0.2, 0.25) is 0 Å². The molecule has 1 aromatic heterocycles. The summed E-state index contributed by atoms with van der Waals surface area (Å²) < 4.78 is 4.97. The van der Waals surface area contributed by atoms with Crippen LogP contribution < -0.4 is 11.1 Å². The molecule has 5 nitrogen and oxygen atoms in total. The number of rotatable bonds is 8. The molecule has 0 saturated heterocycles. The monoisotopic (exact) mass is 230 g/mol. The van der Waals surface area contributed by atoms with Gasteiger partial charge in [-0.1, -0.05) is 23.0 Å². The highest BCUT2D eigenvalue weighted by atomic mass is 32.2. The Hall–Kier alpha value is -0.910. The number of nitrogens with zero attached hydrogens (tertiary/aromatic N) is 2. The van der Waals surface area contributed by atoms with E-state index in [9.17, 15) is 0 Å². The number of nitrogen functional groups attached to an aromatic ring is 1. The van der Waals surface area contributed by atoms with E-state index in [-0.39, 0.29) is 6.01 Å². The quantitative estimate of drug-likeness (QED) is 0.665. The molecular formula is C9H18N4OS. The lowest BCUT2D eigenvalue weighted by Crippen LogP contribution is -2.01. The molecular weight excluding hydrogens is 212 g/mol. The van der Waals surface area contributed by atoms with E-state index in [1.807, 2.05) is 11.8 Å². The zero-order valence-electron chi connectivity index (χ0n) is 9.03. The van der Waals surface area contributed by atoms with E-state index >= 15 is 0 Å². The molecule has 1 aromatic rings. The van der Waals surface area contributed by atoms with Gasteiger partial charge in [-0.25, -0.2) is 0 Å². The van der Waals surface area contributed by atoms with E-state index in [0.717, 1.165) is 13.0 Å². The smallest absolute Gasteiger partial charge is 0.316 e. The maximum absolute atomic E-state index is 5.28. The average Bonchev–Trinajstić information content (AvgIpc) is 2.63. The summed E-state index contributed by atoms with van der Waals surface area (Å²) in [4.78, 5) is 0. The van der Waals surface area contributed by atoms with Crippen molar-refractivity contribution >= 4 is 23.8 Å². The Labute approximate surface area is 94.2 Å². The summed E-state index contributed by atoms with van der Waals surface area (Å²) in [5.41, 5.74) is 5.28. The number of anilines is 2. The zero-order valence-corrected chi connectivity index (χ0v) is 9.85. The van der Waals surface area contributed by atoms with Crippen LogP contribution in [-0.2, 0) is 0 Å². The summed E-state index contributed by atoms with van der Waals surface area (Å²) in [6.45, 7) is 0.862. The first kappa shape index (κ1) is 12.2. The topological polar surface area (TPSA) is 77.0 Å². The third-order valence-corrected chi connectivity index (χ3v) is 2.69. The summed E-state index contributed by atoms with van der Waals surface area (Å²) in [5, 5.41) is 10.3. The Bertz CT molecular complexity index is 266. The minimum absolute atomic E-state index is 0.109. The zero-order chi connectivity index (χ0) is 10.9. The fourth-order valence-electron chi connectivity index (χ4n) is 1.23. The highest BCUT2D eigenvalue weighted by molar-refractivity contribution is 7.98. The van der Waals surface area contributed by atoms with Crippen LogP contribution in [-0.4, -0.2) is 28.8 Å². The van der Waals surface area contributed by atoms with Crippen molar-refractivity contribution in [3.05, 3.63) is 0 Å². The Kier molecular flexibility index (Phi) is 5.99. The van der Waals surface area contributed by atoms with Gasteiger partial charge in [0.25, 0.3) is 0 Å². The molecule has 6 heteroatoms. The van der Waals surface area contributed by atoms with Crippen LogP contribution in [0.3, 0.4) is 0 Å². The third kappa shape index (κ3) is 5.51. The van der Waals surface area contributed by atoms with Gasteiger partial charge in [0.05, 0.1) is 0 Å². The largest absolute Gasteiger partial charge is 0.390 e. The standard InChI is InChI=1S/C9H18N4OS/c1-15-7-5-3-2-4-6-11-9-13-12-8(10)14-9/h2-7H2,1H3,(H2,10,12)(H,11,13). The van der Waals surface area contributed by atoms with E-state index in [1.54, 1.807) is 0 Å². The second-order valence-corrected chi connectivity index (χ2v) is 4.26. The third-order valence-electron chi connectivity index (χ3n) is 1.99. The minimum Gasteiger partial charge on any atom is -0.390 e. The molecule has 0 atom stereocenters. The van der Waals surface area contributed by atoms with Gasteiger partial charge in [0.2, 0.25) is 0 Å². The Morgan fingerprint density at radius 1 is 1.27 bits per heavy atom. The lowest BCUT2D eigenvalue weighted by atomic mass is 10.2. The molecule has 0 radical (unpaired) electrons. The van der Waals surface area contributed by atoms with Crippen molar-refractivity contribution in [3.63, 3.8) is 0 Å². The summed E-state index contributed by atoms with van der Waals surface area (Å²) in [6.07, 6.45) is 7.08. The molecule has 0 spiro atoms. The van der Waals surface area contributed by atoms with E-state index in [2.05, 4.69) is 21.8 Å². The van der Waals surface area contributed by atoms with Crippen molar-refractivity contribution in [2.75, 3.05) is 29.6 Å². The molecule has 0 unspecified atom stereocenters. The number of hydrogen-bond acceptors (Lipinski definition) is 6. The second-order valence-electron chi connectivity index (χ2n) is 3.28. The molecule has 0 aromatic carbocycles. The first-order valence-corrected chi connectivity index (χ1v) is 6.54. The van der Waals surface area contributed by atoms with Crippen LogP contribution >= 0.6 is 11.8 Å². The molecule has 3 N–H and O–H groups in total. The number of aromatic nitrogens is 2. The summed E-state index contributed by atoms with van der Waals surface area (Å²) in [6, 6.07) is 0.522. The van der Waals surface area contributed by atoms with Crippen LogP contribution in [0.1, 0.15) is 25.7 Å². The highest BCUT2D eigenvalue weighted by Gasteiger charge is 1.99. The second kappa shape index (κ2) is 7.39. The summed E-state index contributed by atoms with van der Waals surface area (Å²) >= 11 is 1.90. The van der Waals surface area contributed by atoms with Crippen molar-refractivity contribution in [1.82, 2.24) is 10.2 Å². The van der Waals surface area contributed by atoms with Crippen molar-refractivity contribution in [2.45, 2.75) is 25.7 Å². The van der Waals surface area contributed by atoms with Gasteiger partial charge in [0.1, 0.15) is 0 Å². The molecule has 0 amide bonds. The van der Waals surface area contributed by atoms with Gasteiger partial charge in [0.15, 0.2) is 0 Å². The molecule has 0 fully saturated rings. The molecule has 0 aliphatic rings. The van der Waals surface area contributed by atoms with E-state index in [0.29, 0.717) is 6.01 Å². The van der Waals surface area contributed by atoms with Crippen LogP contribution in [0.15, 0.2) is 4.42 Å². The van der Waals surface area contributed by atoms with Crippen LogP contribution in [0, 0.1) is 0 Å². The van der Waals surface area contributed by atoms with Gasteiger partial charge in [-0.2, -0.15) is 11.8 Å². The van der Waals surface area contributed by atoms with Gasteiger partial charge < -0.3 is 15.5 Å². The first-order valence-electron chi connectivity index (χ1n) is 5.14. The fourth-order valence-corrected chi connectivity index (χ4v) is 1.72. The predicted molar refractivity (Wildman–Crippen MR) is 64.1 cm³/mol. The van der Waals surface area contributed by atoms with Crippen molar-refractivity contribution < 1.29 is 4.42 Å². The van der Waals surface area contributed by atoms with Gasteiger partial charge in [-0.3, -0.25) is 0 Å². The molecule has 86 valence electrons. The van der Waals surface area contributed by atoms with E-state index in [4.69, 9.17) is 10.2 Å². The van der Waals surface area contributed by atoms with E-state index < -0.39 is 0 Å².